The van der Waals surface area contributed by atoms with E-state index < -0.39 is 6.17 Å². The minimum absolute atomic E-state index is 0.141. The zero-order valence-corrected chi connectivity index (χ0v) is 8.99. The van der Waals surface area contributed by atoms with Crippen molar-refractivity contribution in [3.63, 3.8) is 0 Å². The van der Waals surface area contributed by atoms with Crippen LogP contribution in [0.3, 0.4) is 0 Å². The summed E-state index contributed by atoms with van der Waals surface area (Å²) in [4.78, 5) is 9.71. The monoisotopic (exact) mass is 231 g/mol. The van der Waals surface area contributed by atoms with Crippen molar-refractivity contribution in [1.29, 1.82) is 0 Å². The zero-order valence-electron chi connectivity index (χ0n) is 8.23. The van der Waals surface area contributed by atoms with E-state index >= 15 is 0 Å². The van der Waals surface area contributed by atoms with Crippen LogP contribution in [0.1, 0.15) is 0 Å². The van der Waals surface area contributed by atoms with Gasteiger partial charge in [-0.1, -0.05) is 11.6 Å². The van der Waals surface area contributed by atoms with E-state index in [2.05, 4.69) is 9.97 Å². The lowest BCUT2D eigenvalue weighted by atomic mass is 10.2. The minimum atomic E-state index is -0.991. The predicted octanol–water partition coefficient (Wildman–Crippen LogP) is 1.30. The predicted molar refractivity (Wildman–Crippen MR) is 54.9 cm³/mol. The molecule has 0 aliphatic carbocycles. The molecule has 2 rings (SSSR count). The maximum Gasteiger partial charge on any atom is 0.225 e. The Balaban J connectivity index is 2.13. The van der Waals surface area contributed by atoms with E-state index in [0.717, 1.165) is 0 Å². The van der Waals surface area contributed by atoms with E-state index in [4.69, 9.17) is 16.3 Å². The Bertz CT molecular complexity index is 335. The van der Waals surface area contributed by atoms with Crippen molar-refractivity contribution in [3.05, 3.63) is 17.4 Å². The summed E-state index contributed by atoms with van der Waals surface area (Å²) in [6, 6.07) is -0.314. The third-order valence-corrected chi connectivity index (χ3v) is 2.60. The van der Waals surface area contributed by atoms with Gasteiger partial charge in [0.2, 0.25) is 5.95 Å². The van der Waals surface area contributed by atoms with Gasteiger partial charge in [-0.05, 0) is 0 Å². The van der Waals surface area contributed by atoms with Gasteiger partial charge in [-0.2, -0.15) is 0 Å². The maximum absolute atomic E-state index is 13.4. The smallest absolute Gasteiger partial charge is 0.225 e. The van der Waals surface area contributed by atoms with Crippen LogP contribution in [0.25, 0.3) is 0 Å². The highest BCUT2D eigenvalue weighted by atomic mass is 35.5. The molecule has 2 heterocycles. The molecule has 0 spiro atoms. The van der Waals surface area contributed by atoms with Crippen LogP contribution in [0.5, 0.6) is 0 Å². The van der Waals surface area contributed by atoms with E-state index in [1.165, 1.54) is 12.4 Å². The molecule has 0 aromatic carbocycles. The van der Waals surface area contributed by atoms with Gasteiger partial charge >= 0.3 is 0 Å². The highest BCUT2D eigenvalue weighted by Gasteiger charge is 2.32. The lowest BCUT2D eigenvalue weighted by Crippen LogP contribution is -2.39. The van der Waals surface area contributed by atoms with Gasteiger partial charge in [0.05, 0.1) is 36.7 Å². The van der Waals surface area contributed by atoms with Gasteiger partial charge in [0.1, 0.15) is 6.17 Å². The molecule has 0 unspecified atom stereocenters. The summed E-state index contributed by atoms with van der Waals surface area (Å²) >= 11 is 5.66. The quantitative estimate of drug-likeness (QED) is 0.769. The third-order valence-electron chi connectivity index (χ3n) is 2.40. The summed E-state index contributed by atoms with van der Waals surface area (Å²) in [5.41, 5.74) is 0. The van der Waals surface area contributed by atoms with Gasteiger partial charge in [0, 0.05) is 7.05 Å². The molecule has 2 atom stereocenters. The van der Waals surface area contributed by atoms with Crippen molar-refractivity contribution >= 4 is 17.5 Å². The summed E-state index contributed by atoms with van der Waals surface area (Å²) in [6.45, 7) is 0.506. The lowest BCUT2D eigenvalue weighted by molar-refractivity contribution is 0.173. The average Bonchev–Trinajstić information content (AvgIpc) is 2.65. The van der Waals surface area contributed by atoms with Crippen molar-refractivity contribution in [2.75, 3.05) is 25.2 Å². The number of hydrogen-bond acceptors (Lipinski definition) is 4. The fourth-order valence-corrected chi connectivity index (χ4v) is 1.60. The summed E-state index contributed by atoms with van der Waals surface area (Å²) in [7, 11) is 1.75. The number of ether oxygens (including phenoxy) is 1. The second kappa shape index (κ2) is 4.28. The van der Waals surface area contributed by atoms with Crippen molar-refractivity contribution < 1.29 is 9.13 Å². The van der Waals surface area contributed by atoms with E-state index in [9.17, 15) is 4.39 Å². The average molecular weight is 232 g/mol. The van der Waals surface area contributed by atoms with Crippen molar-refractivity contribution in [1.82, 2.24) is 9.97 Å². The first-order valence-electron chi connectivity index (χ1n) is 4.60. The van der Waals surface area contributed by atoms with Crippen LogP contribution < -0.4 is 4.90 Å². The molecule has 1 aliphatic heterocycles. The van der Waals surface area contributed by atoms with Crippen LogP contribution in [0.2, 0.25) is 5.02 Å². The van der Waals surface area contributed by atoms with Crippen LogP contribution >= 0.6 is 11.6 Å². The Hall–Kier alpha value is -0.940. The standard InChI is InChI=1S/C9H11ClFN3O/c1-14(8-5-15-4-7(8)11)9-12-2-6(10)3-13-9/h2-3,7-8H,4-5H2,1H3/t7-,8-/m1/s1. The van der Waals surface area contributed by atoms with Gasteiger partial charge in [-0.25, -0.2) is 14.4 Å². The molecule has 0 saturated carbocycles. The molecule has 15 heavy (non-hydrogen) atoms. The lowest BCUT2D eigenvalue weighted by Gasteiger charge is -2.24. The third kappa shape index (κ3) is 2.18. The molecule has 82 valence electrons. The molecule has 1 fully saturated rings. The molecular formula is C9H11ClFN3O. The molecule has 1 aromatic heterocycles. The van der Waals surface area contributed by atoms with E-state index in [0.29, 0.717) is 17.6 Å². The number of nitrogens with zero attached hydrogens (tertiary/aromatic N) is 3. The summed E-state index contributed by atoms with van der Waals surface area (Å²) in [6.07, 6.45) is 1.99. The summed E-state index contributed by atoms with van der Waals surface area (Å²) in [5.74, 6) is 0.456. The number of alkyl halides is 1. The number of halogens is 2. The molecule has 0 bridgehead atoms. The number of likely N-dealkylation sites (N-methyl/N-ethyl adjacent to an activating group) is 1. The van der Waals surface area contributed by atoms with Crippen molar-refractivity contribution in [2.45, 2.75) is 12.2 Å². The Morgan fingerprint density at radius 1 is 1.47 bits per heavy atom. The normalized spacial score (nSPS) is 25.5. The van der Waals surface area contributed by atoms with Gasteiger partial charge < -0.3 is 9.64 Å². The molecule has 1 aliphatic rings. The SMILES string of the molecule is CN(c1ncc(Cl)cn1)[C@@H]1COC[C@H]1F. The number of aromatic nitrogens is 2. The molecule has 0 radical (unpaired) electrons. The van der Waals surface area contributed by atoms with Crippen LogP contribution in [-0.4, -0.2) is 42.4 Å². The van der Waals surface area contributed by atoms with E-state index in [1.807, 2.05) is 0 Å². The zero-order chi connectivity index (χ0) is 10.8. The van der Waals surface area contributed by atoms with Crippen LogP contribution in [0.4, 0.5) is 10.3 Å². The Labute approximate surface area is 92.0 Å². The van der Waals surface area contributed by atoms with Gasteiger partial charge in [0.15, 0.2) is 0 Å². The number of rotatable bonds is 2. The summed E-state index contributed by atoms with van der Waals surface area (Å²) < 4.78 is 18.4. The van der Waals surface area contributed by atoms with Crippen molar-refractivity contribution in [2.24, 2.45) is 0 Å². The molecular weight excluding hydrogens is 221 g/mol. The van der Waals surface area contributed by atoms with E-state index in [1.54, 1.807) is 11.9 Å². The fourth-order valence-electron chi connectivity index (χ4n) is 1.51. The molecule has 4 nitrogen and oxygen atoms in total. The highest BCUT2D eigenvalue weighted by molar-refractivity contribution is 6.30. The highest BCUT2D eigenvalue weighted by Crippen LogP contribution is 2.19. The van der Waals surface area contributed by atoms with Gasteiger partial charge in [-0.15, -0.1) is 0 Å². The molecule has 1 aromatic rings. The second-order valence-electron chi connectivity index (χ2n) is 3.43. The van der Waals surface area contributed by atoms with Crippen LogP contribution in [0, 0.1) is 0 Å². The Morgan fingerprint density at radius 3 is 2.67 bits per heavy atom. The first-order valence-corrected chi connectivity index (χ1v) is 4.98. The van der Waals surface area contributed by atoms with Crippen molar-refractivity contribution in [3.8, 4) is 0 Å². The van der Waals surface area contributed by atoms with Gasteiger partial charge in [-0.3, -0.25) is 0 Å². The second-order valence-corrected chi connectivity index (χ2v) is 3.87. The summed E-state index contributed by atoms with van der Waals surface area (Å²) in [5, 5.41) is 0.464. The molecule has 0 amide bonds. The number of anilines is 1. The van der Waals surface area contributed by atoms with Gasteiger partial charge in [0.25, 0.3) is 0 Å². The fraction of sp³-hybridized carbons (Fsp3) is 0.556. The molecule has 1 saturated heterocycles. The topological polar surface area (TPSA) is 38.2 Å². The van der Waals surface area contributed by atoms with Crippen LogP contribution in [0.15, 0.2) is 12.4 Å². The molecule has 0 N–H and O–H groups in total. The molecule has 6 heteroatoms. The van der Waals surface area contributed by atoms with E-state index in [-0.39, 0.29) is 12.6 Å². The number of hydrogen-bond donors (Lipinski definition) is 0. The Kier molecular flexibility index (Phi) is 3.02. The first kappa shape index (κ1) is 10.6. The minimum Gasteiger partial charge on any atom is -0.376 e. The first-order chi connectivity index (χ1) is 7.18. The maximum atomic E-state index is 13.4. The van der Waals surface area contributed by atoms with Crippen LogP contribution in [-0.2, 0) is 4.74 Å². The largest absolute Gasteiger partial charge is 0.376 e. The Morgan fingerprint density at radius 2 is 2.13 bits per heavy atom.